The Bertz CT molecular complexity index is 846. The third-order valence-corrected chi connectivity index (χ3v) is 6.43. The lowest BCUT2D eigenvalue weighted by Gasteiger charge is -2.42. The van der Waals surface area contributed by atoms with E-state index in [9.17, 15) is 4.79 Å². The van der Waals surface area contributed by atoms with Crippen LogP contribution in [-0.2, 0) is 4.79 Å². The van der Waals surface area contributed by atoms with Crippen molar-refractivity contribution in [3.8, 4) is 17.0 Å². The minimum absolute atomic E-state index is 0.207. The second-order valence-corrected chi connectivity index (χ2v) is 8.25. The summed E-state index contributed by atoms with van der Waals surface area (Å²) in [6.07, 6.45) is 4.58. The highest BCUT2D eigenvalue weighted by Crippen LogP contribution is 2.31. The number of pyridine rings is 1. The number of carbonyl (C=O) groups is 1. The molecule has 2 saturated heterocycles. The Kier molecular flexibility index (Phi) is 6.14. The fourth-order valence-corrected chi connectivity index (χ4v) is 4.75. The standard InChI is InChI=1S/C24H31N3O2/c1-18(28)26-14-11-21(12-15-26)27-13-5-7-20(17-27)24-10-4-9-23(25-24)19-6-3-8-22(16-19)29-2/h3-4,6,8-10,16,20-21H,5,7,11-15,17H2,1-2H3. The van der Waals surface area contributed by atoms with Crippen LogP contribution in [0.1, 0.15) is 44.2 Å². The molecule has 2 aromatic rings. The largest absolute Gasteiger partial charge is 0.497 e. The van der Waals surface area contributed by atoms with Crippen molar-refractivity contribution in [2.45, 2.75) is 44.6 Å². The second kappa shape index (κ2) is 8.95. The SMILES string of the molecule is COc1cccc(-c2cccc(C3CCCN(C4CCN(C(C)=O)CC4)C3)n2)c1. The van der Waals surface area contributed by atoms with Crippen molar-refractivity contribution < 1.29 is 9.53 Å². The molecule has 2 aliphatic heterocycles. The normalized spacial score (nSPS) is 21.2. The fraction of sp³-hybridized carbons (Fsp3) is 0.500. The lowest BCUT2D eigenvalue weighted by molar-refractivity contribution is -0.130. The molecule has 2 aliphatic rings. The van der Waals surface area contributed by atoms with Gasteiger partial charge in [0.1, 0.15) is 5.75 Å². The summed E-state index contributed by atoms with van der Waals surface area (Å²) in [4.78, 5) is 21.3. The highest BCUT2D eigenvalue weighted by atomic mass is 16.5. The summed E-state index contributed by atoms with van der Waals surface area (Å²) in [5.74, 6) is 1.54. The van der Waals surface area contributed by atoms with E-state index in [0.29, 0.717) is 12.0 Å². The molecular formula is C24H31N3O2. The molecule has 3 heterocycles. The number of hydrogen-bond donors (Lipinski definition) is 0. The van der Waals surface area contributed by atoms with Gasteiger partial charge in [-0.1, -0.05) is 18.2 Å². The summed E-state index contributed by atoms with van der Waals surface area (Å²) < 4.78 is 5.37. The van der Waals surface area contributed by atoms with Crippen LogP contribution in [0.5, 0.6) is 5.75 Å². The number of methoxy groups -OCH3 is 1. The van der Waals surface area contributed by atoms with Crippen molar-refractivity contribution in [2.75, 3.05) is 33.3 Å². The third kappa shape index (κ3) is 4.61. The number of hydrogen-bond acceptors (Lipinski definition) is 4. The van der Waals surface area contributed by atoms with Crippen LogP contribution in [0.25, 0.3) is 11.3 Å². The minimum atomic E-state index is 0.207. The monoisotopic (exact) mass is 393 g/mol. The average molecular weight is 394 g/mol. The number of carbonyl (C=O) groups excluding carboxylic acids is 1. The molecule has 1 aromatic heterocycles. The second-order valence-electron chi connectivity index (χ2n) is 8.25. The van der Waals surface area contributed by atoms with Crippen LogP contribution < -0.4 is 4.74 Å². The van der Waals surface area contributed by atoms with Crippen LogP contribution in [0.4, 0.5) is 0 Å². The summed E-state index contributed by atoms with van der Waals surface area (Å²) >= 11 is 0. The number of rotatable bonds is 4. The molecule has 1 amide bonds. The summed E-state index contributed by atoms with van der Waals surface area (Å²) in [6.45, 7) is 5.70. The topological polar surface area (TPSA) is 45.7 Å². The van der Waals surface area contributed by atoms with Gasteiger partial charge in [-0.3, -0.25) is 14.7 Å². The first-order chi connectivity index (χ1) is 14.1. The zero-order chi connectivity index (χ0) is 20.2. The first-order valence-electron chi connectivity index (χ1n) is 10.7. The van der Waals surface area contributed by atoms with Gasteiger partial charge in [0.25, 0.3) is 0 Å². The van der Waals surface area contributed by atoms with E-state index in [1.165, 1.54) is 18.5 Å². The van der Waals surface area contributed by atoms with Crippen LogP contribution in [0, 0.1) is 0 Å². The van der Waals surface area contributed by atoms with E-state index in [0.717, 1.165) is 56.0 Å². The van der Waals surface area contributed by atoms with Gasteiger partial charge in [-0.05, 0) is 56.5 Å². The molecule has 0 spiro atoms. The first-order valence-corrected chi connectivity index (χ1v) is 10.7. The number of benzene rings is 1. The Morgan fingerprint density at radius 2 is 1.86 bits per heavy atom. The van der Waals surface area contributed by atoms with E-state index in [-0.39, 0.29) is 5.91 Å². The van der Waals surface area contributed by atoms with E-state index in [2.05, 4.69) is 29.2 Å². The van der Waals surface area contributed by atoms with E-state index in [1.807, 2.05) is 23.1 Å². The van der Waals surface area contributed by atoms with Crippen molar-refractivity contribution in [3.63, 3.8) is 0 Å². The molecule has 2 fully saturated rings. The fourth-order valence-electron chi connectivity index (χ4n) is 4.75. The van der Waals surface area contributed by atoms with Crippen molar-refractivity contribution in [1.82, 2.24) is 14.8 Å². The number of piperidine rings is 2. The summed E-state index contributed by atoms with van der Waals surface area (Å²) in [5.41, 5.74) is 3.29. The molecule has 1 unspecified atom stereocenters. The number of aromatic nitrogens is 1. The van der Waals surface area contributed by atoms with E-state index < -0.39 is 0 Å². The van der Waals surface area contributed by atoms with Gasteiger partial charge in [0.2, 0.25) is 5.91 Å². The highest BCUT2D eigenvalue weighted by molar-refractivity contribution is 5.73. The molecule has 5 nitrogen and oxygen atoms in total. The molecule has 0 aliphatic carbocycles. The maximum Gasteiger partial charge on any atom is 0.219 e. The molecule has 4 rings (SSSR count). The number of ether oxygens (including phenoxy) is 1. The number of likely N-dealkylation sites (tertiary alicyclic amines) is 2. The number of amides is 1. The van der Waals surface area contributed by atoms with Crippen LogP contribution in [0.2, 0.25) is 0 Å². The molecule has 5 heteroatoms. The predicted octanol–water partition coefficient (Wildman–Crippen LogP) is 3.95. The van der Waals surface area contributed by atoms with E-state index >= 15 is 0 Å². The molecular weight excluding hydrogens is 362 g/mol. The zero-order valence-corrected chi connectivity index (χ0v) is 17.5. The quantitative estimate of drug-likeness (QED) is 0.789. The summed E-state index contributed by atoms with van der Waals surface area (Å²) in [7, 11) is 1.69. The highest BCUT2D eigenvalue weighted by Gasteiger charge is 2.30. The van der Waals surface area contributed by atoms with Gasteiger partial charge in [0, 0.05) is 49.8 Å². The lowest BCUT2D eigenvalue weighted by Crippen LogP contribution is -2.49. The Balaban J connectivity index is 1.45. The minimum Gasteiger partial charge on any atom is -0.497 e. The van der Waals surface area contributed by atoms with Crippen molar-refractivity contribution in [1.29, 1.82) is 0 Å². The molecule has 154 valence electrons. The van der Waals surface area contributed by atoms with Gasteiger partial charge < -0.3 is 9.64 Å². The third-order valence-electron chi connectivity index (χ3n) is 6.43. The lowest BCUT2D eigenvalue weighted by atomic mass is 9.91. The Labute approximate surface area is 173 Å². The van der Waals surface area contributed by atoms with Crippen molar-refractivity contribution >= 4 is 5.91 Å². The molecule has 29 heavy (non-hydrogen) atoms. The van der Waals surface area contributed by atoms with Gasteiger partial charge >= 0.3 is 0 Å². The molecule has 1 atom stereocenters. The van der Waals surface area contributed by atoms with E-state index in [4.69, 9.17) is 9.72 Å². The van der Waals surface area contributed by atoms with Crippen LogP contribution in [0.3, 0.4) is 0 Å². The van der Waals surface area contributed by atoms with Gasteiger partial charge in [-0.2, -0.15) is 0 Å². The Morgan fingerprint density at radius 1 is 1.07 bits per heavy atom. The molecule has 0 radical (unpaired) electrons. The smallest absolute Gasteiger partial charge is 0.219 e. The van der Waals surface area contributed by atoms with Gasteiger partial charge in [0.15, 0.2) is 0 Å². The van der Waals surface area contributed by atoms with Gasteiger partial charge in [0.05, 0.1) is 12.8 Å². The zero-order valence-electron chi connectivity index (χ0n) is 17.5. The van der Waals surface area contributed by atoms with Gasteiger partial charge in [-0.25, -0.2) is 0 Å². The van der Waals surface area contributed by atoms with Crippen LogP contribution >= 0.6 is 0 Å². The Hall–Kier alpha value is -2.40. The first kappa shape index (κ1) is 19.9. The predicted molar refractivity (Wildman–Crippen MR) is 115 cm³/mol. The Morgan fingerprint density at radius 3 is 2.62 bits per heavy atom. The van der Waals surface area contributed by atoms with Crippen molar-refractivity contribution in [3.05, 3.63) is 48.2 Å². The maximum atomic E-state index is 11.6. The average Bonchev–Trinajstić information content (AvgIpc) is 2.79. The maximum absolute atomic E-state index is 11.6. The summed E-state index contributed by atoms with van der Waals surface area (Å²) in [5, 5.41) is 0. The summed E-state index contributed by atoms with van der Waals surface area (Å²) in [6, 6.07) is 15.1. The number of nitrogens with zero attached hydrogens (tertiary/aromatic N) is 3. The van der Waals surface area contributed by atoms with Crippen LogP contribution in [0.15, 0.2) is 42.5 Å². The van der Waals surface area contributed by atoms with Crippen LogP contribution in [-0.4, -0.2) is 60.0 Å². The van der Waals surface area contributed by atoms with Gasteiger partial charge in [-0.15, -0.1) is 0 Å². The molecule has 0 bridgehead atoms. The molecule has 1 aromatic carbocycles. The van der Waals surface area contributed by atoms with Crippen molar-refractivity contribution in [2.24, 2.45) is 0 Å². The molecule has 0 N–H and O–H groups in total. The van der Waals surface area contributed by atoms with E-state index in [1.54, 1.807) is 14.0 Å². The molecule has 0 saturated carbocycles.